The highest BCUT2D eigenvalue weighted by molar-refractivity contribution is 5.83. The van der Waals surface area contributed by atoms with E-state index < -0.39 is 102 Å². The molecule has 0 saturated carbocycles. The first-order valence-corrected chi connectivity index (χ1v) is 18.5. The summed E-state index contributed by atoms with van der Waals surface area (Å²) in [5.41, 5.74) is -4.24. The number of cyclic esters (lactones) is 1. The molecule has 0 radical (unpaired) electrons. The van der Waals surface area contributed by atoms with Crippen LogP contribution in [-0.4, -0.2) is 138 Å². The van der Waals surface area contributed by atoms with Gasteiger partial charge in [0, 0.05) is 44.4 Å². The number of likely N-dealkylation sites (N-methyl/N-ethyl adjacent to an activating group) is 1. The smallest absolute Gasteiger partial charge is 0.311 e. The Morgan fingerprint density at radius 3 is 2.02 bits per heavy atom. The predicted octanol–water partition coefficient (Wildman–Crippen LogP) is 2.10. The lowest BCUT2D eigenvalue weighted by Gasteiger charge is -2.49. The van der Waals surface area contributed by atoms with Crippen molar-refractivity contribution in [3.8, 4) is 0 Å². The molecule has 0 spiro atoms. The number of aliphatic hydroxyl groups excluding tert-OH is 3. The lowest BCUT2D eigenvalue weighted by molar-refractivity contribution is -0.317. The summed E-state index contributed by atoms with van der Waals surface area (Å²) < 4.78 is 43.7. The van der Waals surface area contributed by atoms with E-state index in [0.29, 0.717) is 6.42 Å². The van der Waals surface area contributed by atoms with Crippen molar-refractivity contribution in [3.05, 3.63) is 0 Å². The van der Waals surface area contributed by atoms with E-state index in [9.17, 15) is 30.0 Å². The number of ether oxygens (including phenoxy) is 7. The van der Waals surface area contributed by atoms with E-state index in [4.69, 9.17) is 33.2 Å². The maximum Gasteiger partial charge on any atom is 0.311 e. The fraction of sp³-hybridized carbons (Fsp3) is 0.946. The summed E-state index contributed by atoms with van der Waals surface area (Å²) >= 11 is 0. The van der Waals surface area contributed by atoms with Gasteiger partial charge in [0.2, 0.25) is 0 Å². The first-order valence-electron chi connectivity index (χ1n) is 18.5. The number of nitrogens with one attached hydrogen (secondary N) is 1. The van der Waals surface area contributed by atoms with Crippen molar-refractivity contribution in [2.24, 2.45) is 23.7 Å². The standard InChI is InChI=1S/C37H67NO13/c1-14-25-37(10,44)30(41)20(4)27(39)18(2)16-36(9,46-13)32(51-34-28(40)24(38-11)15-19(3)47-34)21(5)29(22(6)33(43)49-25)50-26-17-35(8,45-12)31(42)23(7)48-26/h18-26,28-32,34,38,40-42,44H,14-17H2,1-13H3/t18-,19-,20+,21+,22-,23+,24+,25-,26-,28+,29-,30-,31-,32+,34+,35?,36-,37-/m1/s1. The Kier molecular flexibility index (Phi) is 15.1. The van der Waals surface area contributed by atoms with Gasteiger partial charge in [-0.15, -0.1) is 0 Å². The van der Waals surface area contributed by atoms with Gasteiger partial charge in [-0.1, -0.05) is 27.7 Å². The molecule has 1 unspecified atom stereocenters. The minimum Gasteiger partial charge on any atom is -0.459 e. The zero-order valence-corrected chi connectivity index (χ0v) is 33.0. The lowest BCUT2D eigenvalue weighted by atomic mass is 9.74. The van der Waals surface area contributed by atoms with Gasteiger partial charge < -0.3 is 58.9 Å². The summed E-state index contributed by atoms with van der Waals surface area (Å²) in [5.74, 6) is -4.47. The Morgan fingerprint density at radius 1 is 0.863 bits per heavy atom. The van der Waals surface area contributed by atoms with E-state index in [1.807, 2.05) is 13.8 Å². The van der Waals surface area contributed by atoms with Gasteiger partial charge in [0.15, 0.2) is 12.6 Å². The summed E-state index contributed by atoms with van der Waals surface area (Å²) in [6, 6.07) is -0.334. The van der Waals surface area contributed by atoms with Crippen LogP contribution in [0.4, 0.5) is 0 Å². The first kappa shape index (κ1) is 44.1. The fourth-order valence-electron chi connectivity index (χ4n) is 8.38. The van der Waals surface area contributed by atoms with Gasteiger partial charge >= 0.3 is 5.97 Å². The second-order valence-corrected chi connectivity index (χ2v) is 16.0. The molecule has 3 aliphatic heterocycles. The molecule has 18 atom stereocenters. The molecule has 3 heterocycles. The molecule has 0 aromatic carbocycles. The SMILES string of the molecule is CC[C@H]1OC(=O)[C@H](C)[C@H](O[C@@H]2CC(C)(OC)[C@H](O)[C@H](C)O2)[C@H](C)[C@H](O[C@@H]2O[C@H](C)C[C@H](NC)[C@@H]2O)[C@](C)(OC)C[C@@H](C)C(=O)[C@H](C)[C@@H](O)[C@]1(C)O. The number of ketones is 1. The van der Waals surface area contributed by atoms with Crippen LogP contribution in [0.1, 0.15) is 94.9 Å². The summed E-state index contributed by atoms with van der Waals surface area (Å²) in [6.07, 6.45) is -8.78. The highest BCUT2D eigenvalue weighted by Gasteiger charge is 2.54. The lowest BCUT2D eigenvalue weighted by Crippen LogP contribution is -2.61. The average molecular weight is 734 g/mol. The summed E-state index contributed by atoms with van der Waals surface area (Å²) in [7, 11) is 4.75. The molecule has 0 bridgehead atoms. The molecule has 3 saturated heterocycles. The van der Waals surface area contributed by atoms with E-state index in [2.05, 4.69) is 5.32 Å². The third-order valence-corrected chi connectivity index (χ3v) is 12.0. The van der Waals surface area contributed by atoms with Crippen LogP contribution in [-0.2, 0) is 42.7 Å². The van der Waals surface area contributed by atoms with Crippen molar-refractivity contribution in [2.75, 3.05) is 21.3 Å². The Morgan fingerprint density at radius 2 is 1.47 bits per heavy atom. The summed E-state index contributed by atoms with van der Waals surface area (Å²) in [6.45, 7) is 17.0. The van der Waals surface area contributed by atoms with E-state index >= 15 is 0 Å². The highest BCUT2D eigenvalue weighted by atomic mass is 16.7. The van der Waals surface area contributed by atoms with Gasteiger partial charge in [-0.05, 0) is 67.9 Å². The zero-order valence-electron chi connectivity index (χ0n) is 33.0. The topological polar surface area (TPSA) is 192 Å². The molecule has 5 N–H and O–H groups in total. The minimum absolute atomic E-state index is 0.109. The third kappa shape index (κ3) is 9.33. The predicted molar refractivity (Wildman–Crippen MR) is 186 cm³/mol. The van der Waals surface area contributed by atoms with Crippen molar-refractivity contribution in [1.29, 1.82) is 0 Å². The van der Waals surface area contributed by atoms with Gasteiger partial charge in [-0.2, -0.15) is 0 Å². The van der Waals surface area contributed by atoms with Gasteiger partial charge in [-0.25, -0.2) is 0 Å². The van der Waals surface area contributed by atoms with E-state index in [1.165, 1.54) is 21.1 Å². The van der Waals surface area contributed by atoms with Gasteiger partial charge in [0.05, 0.1) is 47.6 Å². The molecule has 298 valence electrons. The first-order chi connectivity index (χ1) is 23.6. The van der Waals surface area contributed by atoms with Crippen molar-refractivity contribution in [2.45, 2.75) is 179 Å². The van der Waals surface area contributed by atoms with Crippen LogP contribution in [0.15, 0.2) is 0 Å². The molecule has 0 aromatic heterocycles. The maximum absolute atomic E-state index is 14.1. The van der Waals surface area contributed by atoms with Crippen molar-refractivity contribution in [3.63, 3.8) is 0 Å². The Bertz CT molecular complexity index is 1160. The third-order valence-electron chi connectivity index (χ3n) is 12.0. The van der Waals surface area contributed by atoms with Crippen molar-refractivity contribution >= 4 is 11.8 Å². The normalized spacial score (nSPS) is 49.6. The largest absolute Gasteiger partial charge is 0.459 e. The van der Waals surface area contributed by atoms with Crippen LogP contribution in [0.25, 0.3) is 0 Å². The monoisotopic (exact) mass is 733 g/mol. The molecule has 0 aliphatic carbocycles. The van der Waals surface area contributed by atoms with Crippen LogP contribution in [0, 0.1) is 23.7 Å². The van der Waals surface area contributed by atoms with Crippen molar-refractivity contribution < 1.29 is 63.2 Å². The average Bonchev–Trinajstić information content (AvgIpc) is 3.09. The number of carbonyl (C=O) groups excluding carboxylic acids is 2. The van der Waals surface area contributed by atoms with Crippen LogP contribution in [0.2, 0.25) is 0 Å². The van der Waals surface area contributed by atoms with E-state index in [0.717, 1.165) is 0 Å². The number of hydrogen-bond donors (Lipinski definition) is 5. The van der Waals surface area contributed by atoms with Crippen LogP contribution >= 0.6 is 0 Å². The van der Waals surface area contributed by atoms with Gasteiger partial charge in [0.1, 0.15) is 29.7 Å². The zero-order chi connectivity index (χ0) is 38.8. The Labute approximate surface area is 304 Å². The fourth-order valence-corrected chi connectivity index (χ4v) is 8.38. The minimum atomic E-state index is -1.96. The quantitative estimate of drug-likeness (QED) is 0.228. The number of aliphatic hydroxyl groups is 4. The molecule has 3 aliphatic rings. The molecular weight excluding hydrogens is 666 g/mol. The molecule has 14 nitrogen and oxygen atoms in total. The number of hydrogen-bond acceptors (Lipinski definition) is 14. The molecule has 0 aromatic rings. The van der Waals surface area contributed by atoms with E-state index in [-0.39, 0.29) is 37.2 Å². The summed E-state index contributed by atoms with van der Waals surface area (Å²) in [4.78, 5) is 28.1. The van der Waals surface area contributed by atoms with E-state index in [1.54, 1.807) is 55.5 Å². The molecule has 3 fully saturated rings. The Hall–Kier alpha value is -1.30. The van der Waals surface area contributed by atoms with Gasteiger partial charge in [0.25, 0.3) is 0 Å². The molecule has 3 rings (SSSR count). The number of methoxy groups -OCH3 is 2. The van der Waals surface area contributed by atoms with Crippen molar-refractivity contribution in [1.82, 2.24) is 5.32 Å². The number of esters is 1. The van der Waals surface area contributed by atoms with Gasteiger partial charge in [-0.3, -0.25) is 9.59 Å². The summed E-state index contributed by atoms with van der Waals surface area (Å²) in [5, 5.41) is 48.4. The second kappa shape index (κ2) is 17.4. The molecular formula is C37H67NO13. The number of Topliss-reactive ketones (excluding diaryl/α,β-unsaturated/α-hetero) is 1. The maximum atomic E-state index is 14.1. The highest BCUT2D eigenvalue weighted by Crippen LogP contribution is 2.41. The van der Waals surface area contributed by atoms with Crippen LogP contribution in [0.5, 0.6) is 0 Å². The molecule has 0 amide bonds. The molecule has 14 heteroatoms. The van der Waals surface area contributed by atoms with Crippen LogP contribution < -0.4 is 5.32 Å². The molecule has 51 heavy (non-hydrogen) atoms. The van der Waals surface area contributed by atoms with Crippen LogP contribution in [0.3, 0.4) is 0 Å². The second-order valence-electron chi connectivity index (χ2n) is 16.0. The number of rotatable bonds is 8. The number of carbonyl (C=O) groups is 2. The Balaban J connectivity index is 2.21.